The van der Waals surface area contributed by atoms with Gasteiger partial charge in [0.05, 0.1) is 12.3 Å². The van der Waals surface area contributed by atoms with Crippen molar-refractivity contribution in [3.05, 3.63) is 52.1 Å². The van der Waals surface area contributed by atoms with E-state index in [9.17, 15) is 4.79 Å². The fraction of sp³-hybridized carbons (Fsp3) is 0.188. The molecule has 0 aliphatic heterocycles. The number of halogens is 1. The SMILES string of the molecule is CCOc1ccccc1NC(=O)COc1ccc(I)cc1. The van der Waals surface area contributed by atoms with Gasteiger partial charge in [0.1, 0.15) is 11.5 Å². The standard InChI is InChI=1S/C16H16INO3/c1-2-20-15-6-4-3-5-14(15)18-16(19)11-21-13-9-7-12(17)8-10-13/h3-10H,2,11H2,1H3,(H,18,19). The minimum atomic E-state index is -0.222. The summed E-state index contributed by atoms with van der Waals surface area (Å²) in [5, 5.41) is 2.79. The highest BCUT2D eigenvalue weighted by molar-refractivity contribution is 14.1. The molecular weight excluding hydrogens is 381 g/mol. The lowest BCUT2D eigenvalue weighted by Crippen LogP contribution is -2.20. The molecule has 5 heteroatoms. The van der Waals surface area contributed by atoms with E-state index in [1.54, 1.807) is 6.07 Å². The number of benzene rings is 2. The van der Waals surface area contributed by atoms with Crippen molar-refractivity contribution >= 4 is 34.2 Å². The van der Waals surface area contributed by atoms with Crippen LogP contribution in [0.2, 0.25) is 0 Å². The lowest BCUT2D eigenvalue weighted by Gasteiger charge is -2.11. The number of anilines is 1. The third-order valence-corrected chi connectivity index (χ3v) is 3.36. The maximum atomic E-state index is 11.9. The number of ether oxygens (including phenoxy) is 2. The number of carbonyl (C=O) groups excluding carboxylic acids is 1. The van der Waals surface area contributed by atoms with Crippen LogP contribution < -0.4 is 14.8 Å². The third kappa shape index (κ3) is 4.93. The van der Waals surface area contributed by atoms with Crippen LogP contribution in [-0.2, 0) is 4.79 Å². The van der Waals surface area contributed by atoms with E-state index in [-0.39, 0.29) is 12.5 Å². The van der Waals surface area contributed by atoms with E-state index in [1.807, 2.05) is 49.4 Å². The van der Waals surface area contributed by atoms with Gasteiger partial charge in [-0.1, -0.05) is 12.1 Å². The van der Waals surface area contributed by atoms with Gasteiger partial charge in [-0.05, 0) is 65.9 Å². The van der Waals surface area contributed by atoms with E-state index < -0.39 is 0 Å². The molecule has 21 heavy (non-hydrogen) atoms. The van der Waals surface area contributed by atoms with Crippen molar-refractivity contribution in [3.8, 4) is 11.5 Å². The Bertz CT molecular complexity index is 599. The molecule has 0 atom stereocenters. The molecule has 0 spiro atoms. The van der Waals surface area contributed by atoms with Crippen molar-refractivity contribution in [3.63, 3.8) is 0 Å². The van der Waals surface area contributed by atoms with Crippen LogP contribution in [0.4, 0.5) is 5.69 Å². The summed E-state index contributed by atoms with van der Waals surface area (Å²) in [7, 11) is 0. The monoisotopic (exact) mass is 397 g/mol. The summed E-state index contributed by atoms with van der Waals surface area (Å²) in [6.07, 6.45) is 0. The molecule has 0 aliphatic rings. The number of hydrogen-bond donors (Lipinski definition) is 1. The van der Waals surface area contributed by atoms with Gasteiger partial charge in [0.25, 0.3) is 5.91 Å². The fourth-order valence-corrected chi connectivity index (χ4v) is 2.08. The van der Waals surface area contributed by atoms with Gasteiger partial charge in [-0.2, -0.15) is 0 Å². The highest BCUT2D eigenvalue weighted by atomic mass is 127. The Morgan fingerprint density at radius 1 is 1.10 bits per heavy atom. The zero-order valence-corrected chi connectivity index (χ0v) is 13.8. The lowest BCUT2D eigenvalue weighted by atomic mass is 10.3. The van der Waals surface area contributed by atoms with Gasteiger partial charge in [0, 0.05) is 3.57 Å². The number of para-hydroxylation sites is 2. The summed E-state index contributed by atoms with van der Waals surface area (Å²) in [6.45, 7) is 2.41. The Morgan fingerprint density at radius 2 is 1.81 bits per heavy atom. The van der Waals surface area contributed by atoms with Gasteiger partial charge in [-0.25, -0.2) is 0 Å². The molecule has 2 aromatic carbocycles. The summed E-state index contributed by atoms with van der Waals surface area (Å²) in [5.74, 6) is 1.10. The van der Waals surface area contributed by atoms with Crippen LogP contribution in [0, 0.1) is 3.57 Å². The average Bonchev–Trinajstić information content (AvgIpc) is 2.49. The van der Waals surface area contributed by atoms with Crippen LogP contribution in [0.15, 0.2) is 48.5 Å². The maximum absolute atomic E-state index is 11.9. The van der Waals surface area contributed by atoms with E-state index >= 15 is 0 Å². The number of carbonyl (C=O) groups is 1. The normalized spacial score (nSPS) is 10.0. The molecule has 1 N–H and O–H groups in total. The van der Waals surface area contributed by atoms with E-state index in [4.69, 9.17) is 9.47 Å². The van der Waals surface area contributed by atoms with Crippen LogP contribution in [0.3, 0.4) is 0 Å². The van der Waals surface area contributed by atoms with Gasteiger partial charge < -0.3 is 14.8 Å². The van der Waals surface area contributed by atoms with Crippen molar-refractivity contribution in [1.82, 2.24) is 0 Å². The van der Waals surface area contributed by atoms with Crippen molar-refractivity contribution in [2.24, 2.45) is 0 Å². The zero-order valence-electron chi connectivity index (χ0n) is 11.6. The molecule has 0 fully saturated rings. The molecule has 0 unspecified atom stereocenters. The van der Waals surface area contributed by atoms with Crippen molar-refractivity contribution < 1.29 is 14.3 Å². The Labute approximate surface area is 137 Å². The first-order chi connectivity index (χ1) is 10.2. The van der Waals surface area contributed by atoms with Crippen LogP contribution in [0.1, 0.15) is 6.92 Å². The number of rotatable bonds is 6. The minimum Gasteiger partial charge on any atom is -0.492 e. The molecule has 1 amide bonds. The quantitative estimate of drug-likeness (QED) is 0.757. The smallest absolute Gasteiger partial charge is 0.262 e. The van der Waals surface area contributed by atoms with Crippen LogP contribution >= 0.6 is 22.6 Å². The molecule has 2 rings (SSSR count). The molecule has 0 bridgehead atoms. The highest BCUT2D eigenvalue weighted by Crippen LogP contribution is 2.23. The first-order valence-corrected chi connectivity index (χ1v) is 7.67. The largest absolute Gasteiger partial charge is 0.492 e. The Hall–Kier alpha value is -1.76. The van der Waals surface area contributed by atoms with Crippen LogP contribution in [0.25, 0.3) is 0 Å². The maximum Gasteiger partial charge on any atom is 0.262 e. The first kappa shape index (κ1) is 15.6. The predicted molar refractivity (Wildman–Crippen MR) is 90.9 cm³/mol. The van der Waals surface area contributed by atoms with Gasteiger partial charge in [-0.15, -0.1) is 0 Å². The van der Waals surface area contributed by atoms with Crippen LogP contribution in [-0.4, -0.2) is 19.1 Å². The molecular formula is C16H16INO3. The number of nitrogens with one attached hydrogen (secondary N) is 1. The minimum absolute atomic E-state index is 0.0406. The number of amides is 1. The van der Waals surface area contributed by atoms with E-state index in [1.165, 1.54) is 0 Å². The predicted octanol–water partition coefficient (Wildman–Crippen LogP) is 3.71. The van der Waals surface area contributed by atoms with Gasteiger partial charge >= 0.3 is 0 Å². The summed E-state index contributed by atoms with van der Waals surface area (Å²) < 4.78 is 12.0. The molecule has 4 nitrogen and oxygen atoms in total. The van der Waals surface area contributed by atoms with E-state index in [2.05, 4.69) is 27.9 Å². The fourth-order valence-electron chi connectivity index (χ4n) is 1.72. The van der Waals surface area contributed by atoms with Crippen molar-refractivity contribution in [1.29, 1.82) is 0 Å². The molecule has 0 saturated carbocycles. The van der Waals surface area contributed by atoms with Gasteiger partial charge in [0.15, 0.2) is 6.61 Å². The molecule has 110 valence electrons. The lowest BCUT2D eigenvalue weighted by molar-refractivity contribution is -0.118. The molecule has 2 aromatic rings. The first-order valence-electron chi connectivity index (χ1n) is 6.59. The van der Waals surface area contributed by atoms with Gasteiger partial charge in [-0.3, -0.25) is 4.79 Å². The van der Waals surface area contributed by atoms with Gasteiger partial charge in [0.2, 0.25) is 0 Å². The average molecular weight is 397 g/mol. The number of hydrogen-bond acceptors (Lipinski definition) is 3. The summed E-state index contributed by atoms with van der Waals surface area (Å²) in [4.78, 5) is 11.9. The molecule has 0 aromatic heterocycles. The van der Waals surface area contributed by atoms with E-state index in [0.29, 0.717) is 23.8 Å². The van der Waals surface area contributed by atoms with E-state index in [0.717, 1.165) is 3.57 Å². The Balaban J connectivity index is 1.91. The van der Waals surface area contributed by atoms with Crippen LogP contribution in [0.5, 0.6) is 11.5 Å². The second-order valence-electron chi connectivity index (χ2n) is 4.22. The topological polar surface area (TPSA) is 47.6 Å². The van der Waals surface area contributed by atoms with Crippen molar-refractivity contribution in [2.45, 2.75) is 6.92 Å². The molecule has 0 saturated heterocycles. The Kier molecular flexibility index (Phi) is 5.86. The summed E-state index contributed by atoms with van der Waals surface area (Å²) in [6, 6.07) is 14.9. The molecule has 0 radical (unpaired) electrons. The summed E-state index contributed by atoms with van der Waals surface area (Å²) in [5.41, 5.74) is 0.649. The molecule has 0 aliphatic carbocycles. The third-order valence-electron chi connectivity index (χ3n) is 2.64. The second-order valence-corrected chi connectivity index (χ2v) is 5.47. The molecule has 0 heterocycles. The second kappa shape index (κ2) is 7.87. The Morgan fingerprint density at radius 3 is 2.52 bits per heavy atom. The summed E-state index contributed by atoms with van der Waals surface area (Å²) >= 11 is 2.22. The zero-order chi connectivity index (χ0) is 15.1. The van der Waals surface area contributed by atoms with Crippen molar-refractivity contribution in [2.75, 3.05) is 18.5 Å². The highest BCUT2D eigenvalue weighted by Gasteiger charge is 2.08.